The van der Waals surface area contributed by atoms with Gasteiger partial charge >= 0.3 is 18.4 Å². The van der Waals surface area contributed by atoms with E-state index in [-0.39, 0.29) is 30.0 Å². The highest BCUT2D eigenvalue weighted by atomic mass is 19.4. The number of hydrogen-bond donors (Lipinski definition) is 2. The van der Waals surface area contributed by atoms with Gasteiger partial charge in [0.05, 0.1) is 12.1 Å². The fourth-order valence-corrected chi connectivity index (χ4v) is 5.07. The summed E-state index contributed by atoms with van der Waals surface area (Å²) in [6, 6.07) is 11.2. The first kappa shape index (κ1) is 32.1. The summed E-state index contributed by atoms with van der Waals surface area (Å²) in [4.78, 5) is 30.6. The molecule has 1 amide bonds. The van der Waals surface area contributed by atoms with Crippen molar-refractivity contribution in [3.05, 3.63) is 59.7 Å². The third kappa shape index (κ3) is 9.33. The van der Waals surface area contributed by atoms with Crippen LogP contribution in [0.1, 0.15) is 24.0 Å². The monoisotopic (exact) mass is 638 g/mol. The molecule has 0 bridgehead atoms. The Labute approximate surface area is 255 Å². The van der Waals surface area contributed by atoms with Crippen LogP contribution in [0.4, 0.5) is 49.6 Å². The van der Waals surface area contributed by atoms with Crippen LogP contribution in [0, 0.1) is 0 Å². The maximum Gasteiger partial charge on any atom is 0.422 e. The molecule has 242 valence electrons. The summed E-state index contributed by atoms with van der Waals surface area (Å²) in [5.74, 6) is -0.273. The Morgan fingerprint density at radius 3 is 2.27 bits per heavy atom. The Morgan fingerprint density at radius 2 is 1.56 bits per heavy atom. The number of hydrogen-bond acceptors (Lipinski definition) is 9. The maximum atomic E-state index is 13.1. The second-order valence-corrected chi connectivity index (χ2v) is 10.7. The molecule has 3 heterocycles. The predicted octanol–water partition coefficient (Wildman–Crippen LogP) is 4.93. The van der Waals surface area contributed by atoms with E-state index in [0.717, 1.165) is 75.5 Å². The Balaban J connectivity index is 1.23. The van der Waals surface area contributed by atoms with Crippen molar-refractivity contribution in [2.24, 2.45) is 0 Å². The van der Waals surface area contributed by atoms with Gasteiger partial charge < -0.3 is 25.2 Å². The van der Waals surface area contributed by atoms with Crippen molar-refractivity contribution in [1.82, 2.24) is 24.8 Å². The number of aromatic nitrogens is 3. The molecule has 0 radical (unpaired) electrons. The highest BCUT2D eigenvalue weighted by Gasteiger charge is 2.31. The Morgan fingerprint density at radius 1 is 0.844 bits per heavy atom. The number of anilines is 4. The van der Waals surface area contributed by atoms with Gasteiger partial charge in [-0.15, -0.1) is 0 Å². The van der Waals surface area contributed by atoms with Gasteiger partial charge in [-0.3, -0.25) is 9.69 Å². The lowest BCUT2D eigenvalue weighted by Gasteiger charge is -2.36. The number of piperazine rings is 1. The molecule has 10 nitrogen and oxygen atoms in total. The van der Waals surface area contributed by atoms with Crippen molar-refractivity contribution in [1.29, 1.82) is 0 Å². The Bertz CT molecular complexity index is 1460. The minimum atomic E-state index is -4.66. The SMILES string of the molecule is O=C(CN1CCN(c2cccc(CNc3nc(Nc4cccc(C(F)(F)F)c4)nc(OCC(F)(F)F)n3)c2)CC1)N1CCCC1. The van der Waals surface area contributed by atoms with E-state index in [2.05, 4.69) is 35.4 Å². The fraction of sp³-hybridized carbons (Fsp3) is 0.448. The molecule has 45 heavy (non-hydrogen) atoms. The van der Waals surface area contributed by atoms with Crippen LogP contribution in [0.15, 0.2) is 48.5 Å². The van der Waals surface area contributed by atoms with E-state index in [4.69, 9.17) is 4.74 Å². The molecule has 2 aliphatic rings. The first-order valence-corrected chi connectivity index (χ1v) is 14.4. The van der Waals surface area contributed by atoms with Crippen LogP contribution in [-0.4, -0.2) is 89.3 Å². The average Bonchev–Trinajstić information content (AvgIpc) is 3.55. The van der Waals surface area contributed by atoms with Gasteiger partial charge in [-0.1, -0.05) is 18.2 Å². The maximum absolute atomic E-state index is 13.1. The molecule has 0 unspecified atom stereocenters. The second-order valence-electron chi connectivity index (χ2n) is 10.7. The molecule has 2 aliphatic heterocycles. The number of ether oxygens (including phenoxy) is 1. The molecule has 2 fully saturated rings. The lowest BCUT2D eigenvalue weighted by molar-refractivity contribution is -0.154. The summed E-state index contributed by atoms with van der Waals surface area (Å²) >= 11 is 0. The molecule has 3 aromatic rings. The van der Waals surface area contributed by atoms with E-state index in [1.54, 1.807) is 0 Å². The van der Waals surface area contributed by atoms with Crippen molar-refractivity contribution in [2.75, 3.05) is 68.0 Å². The Hall–Kier alpha value is -4.34. The Kier molecular flexibility index (Phi) is 9.80. The number of alkyl halides is 6. The third-order valence-corrected chi connectivity index (χ3v) is 7.34. The molecule has 0 saturated carbocycles. The number of carbonyl (C=O) groups excluding carboxylic acids is 1. The molecular formula is C29H32F6N8O2. The molecule has 0 spiro atoms. The van der Waals surface area contributed by atoms with Crippen LogP contribution in [-0.2, 0) is 17.5 Å². The van der Waals surface area contributed by atoms with Gasteiger partial charge in [-0.25, -0.2) is 0 Å². The van der Waals surface area contributed by atoms with Gasteiger partial charge in [0.1, 0.15) is 0 Å². The largest absolute Gasteiger partial charge is 0.454 e. The molecule has 16 heteroatoms. The van der Waals surface area contributed by atoms with Crippen LogP contribution >= 0.6 is 0 Å². The summed E-state index contributed by atoms with van der Waals surface area (Å²) < 4.78 is 82.5. The normalized spacial score (nSPS) is 16.1. The first-order valence-electron chi connectivity index (χ1n) is 14.4. The smallest absolute Gasteiger partial charge is 0.422 e. The molecule has 1 aromatic heterocycles. The highest BCUT2D eigenvalue weighted by molar-refractivity contribution is 5.78. The zero-order chi connectivity index (χ0) is 32.0. The molecule has 0 atom stereocenters. The number of nitrogens with zero attached hydrogens (tertiary/aromatic N) is 6. The molecule has 2 aromatic carbocycles. The number of rotatable bonds is 10. The molecule has 2 saturated heterocycles. The van der Waals surface area contributed by atoms with Gasteiger partial charge in [-0.05, 0) is 48.7 Å². The number of amides is 1. The van der Waals surface area contributed by atoms with Gasteiger partial charge in [0.25, 0.3) is 0 Å². The quantitative estimate of drug-likeness (QED) is 0.300. The summed E-state index contributed by atoms with van der Waals surface area (Å²) in [6.45, 7) is 3.57. The zero-order valence-corrected chi connectivity index (χ0v) is 24.2. The van der Waals surface area contributed by atoms with Crippen LogP contribution in [0.3, 0.4) is 0 Å². The molecule has 5 rings (SSSR count). The average molecular weight is 639 g/mol. The topological polar surface area (TPSA) is 98.8 Å². The lowest BCUT2D eigenvalue weighted by atomic mass is 10.1. The van der Waals surface area contributed by atoms with Crippen LogP contribution in [0.25, 0.3) is 0 Å². The van der Waals surface area contributed by atoms with Crippen molar-refractivity contribution >= 4 is 29.2 Å². The number of halogens is 6. The summed E-state index contributed by atoms with van der Waals surface area (Å²) in [5, 5.41) is 5.51. The van der Waals surface area contributed by atoms with E-state index in [9.17, 15) is 31.1 Å². The fourth-order valence-electron chi connectivity index (χ4n) is 5.07. The number of carbonyl (C=O) groups is 1. The molecule has 2 N–H and O–H groups in total. The highest BCUT2D eigenvalue weighted by Crippen LogP contribution is 2.31. The van der Waals surface area contributed by atoms with Crippen LogP contribution in [0.5, 0.6) is 6.01 Å². The van der Waals surface area contributed by atoms with Gasteiger partial charge in [0.15, 0.2) is 6.61 Å². The van der Waals surface area contributed by atoms with Crippen molar-refractivity contribution in [2.45, 2.75) is 31.7 Å². The number of nitrogens with one attached hydrogen (secondary N) is 2. The lowest BCUT2D eigenvalue weighted by Crippen LogP contribution is -2.49. The molecular weight excluding hydrogens is 606 g/mol. The molecule has 0 aliphatic carbocycles. The van der Waals surface area contributed by atoms with Gasteiger partial charge in [0, 0.05) is 57.2 Å². The van der Waals surface area contributed by atoms with Crippen molar-refractivity contribution in [3.8, 4) is 6.01 Å². The van der Waals surface area contributed by atoms with E-state index in [1.807, 2.05) is 29.2 Å². The number of likely N-dealkylation sites (tertiary alicyclic amines) is 1. The third-order valence-electron chi connectivity index (χ3n) is 7.34. The van der Waals surface area contributed by atoms with E-state index in [1.165, 1.54) is 12.1 Å². The van der Waals surface area contributed by atoms with E-state index < -0.39 is 30.5 Å². The minimum absolute atomic E-state index is 0.0306. The van der Waals surface area contributed by atoms with Gasteiger partial charge in [0.2, 0.25) is 17.8 Å². The van der Waals surface area contributed by atoms with Crippen LogP contribution in [0.2, 0.25) is 0 Å². The standard InChI is InChI=1S/C29H32F6N8O2/c30-28(31,32)19-45-27-39-25(38-26(40-27)37-22-7-4-6-21(16-22)29(33,34)35)36-17-20-5-3-8-23(15-20)42-13-11-41(12-14-42)18-24(44)43-9-1-2-10-43/h3-8,15-16H,1-2,9-14,17-19H2,(H2,36,37,38,39,40). The summed E-state index contributed by atoms with van der Waals surface area (Å²) in [5.41, 5.74) is 0.837. The summed E-state index contributed by atoms with van der Waals surface area (Å²) in [6.07, 6.45) is -7.14. The van der Waals surface area contributed by atoms with Crippen molar-refractivity contribution < 1.29 is 35.9 Å². The van der Waals surface area contributed by atoms with Crippen molar-refractivity contribution in [3.63, 3.8) is 0 Å². The van der Waals surface area contributed by atoms with Gasteiger partial charge in [-0.2, -0.15) is 41.3 Å². The van der Waals surface area contributed by atoms with Crippen LogP contribution < -0.4 is 20.3 Å². The summed E-state index contributed by atoms with van der Waals surface area (Å²) in [7, 11) is 0. The first-order chi connectivity index (χ1) is 21.4. The zero-order valence-electron chi connectivity index (χ0n) is 24.2. The second kappa shape index (κ2) is 13.7. The van der Waals surface area contributed by atoms with E-state index in [0.29, 0.717) is 6.54 Å². The number of benzene rings is 2. The minimum Gasteiger partial charge on any atom is -0.454 e. The van der Waals surface area contributed by atoms with E-state index >= 15 is 0 Å². The predicted molar refractivity (Wildman–Crippen MR) is 154 cm³/mol.